The number of hydrogen-bond donors (Lipinski definition) is 2. The van der Waals surface area contributed by atoms with E-state index in [1.54, 1.807) is 23.1 Å². The third kappa shape index (κ3) is 4.53. The van der Waals surface area contributed by atoms with E-state index >= 15 is 0 Å². The van der Waals surface area contributed by atoms with Crippen LogP contribution in [0.5, 0.6) is 0 Å². The molecule has 1 heterocycles. The lowest BCUT2D eigenvalue weighted by molar-refractivity contribution is -0.142. The quantitative estimate of drug-likeness (QED) is 0.615. The number of benzene rings is 2. The zero-order chi connectivity index (χ0) is 26.0. The molecule has 1 fully saturated rings. The first-order valence-corrected chi connectivity index (χ1v) is 12.2. The van der Waals surface area contributed by atoms with Crippen LogP contribution in [0.15, 0.2) is 42.5 Å². The Kier molecular flexibility index (Phi) is 7.01. The van der Waals surface area contributed by atoms with Gasteiger partial charge in [0.05, 0.1) is 0 Å². The molecular weight excluding hydrogens is 460 g/mol. The molecule has 1 spiro atoms. The molecule has 0 bridgehead atoms. The number of aryl methyl sites for hydroxylation is 2. The lowest BCUT2D eigenvalue weighted by Crippen LogP contribution is -2.46. The van der Waals surface area contributed by atoms with Crippen LogP contribution < -0.4 is 10.6 Å². The minimum atomic E-state index is -1.43. The summed E-state index contributed by atoms with van der Waals surface area (Å²) in [5.74, 6) is -0.842. The van der Waals surface area contributed by atoms with Crippen LogP contribution in [0, 0.1) is 0 Å². The molecule has 2 N–H and O–H groups in total. The number of nitrogens with zero attached hydrogens (tertiary/aromatic N) is 2. The van der Waals surface area contributed by atoms with Gasteiger partial charge in [-0.05, 0) is 55.5 Å². The van der Waals surface area contributed by atoms with Crippen molar-refractivity contribution >= 4 is 29.6 Å². The molecule has 1 atom stereocenters. The van der Waals surface area contributed by atoms with Crippen molar-refractivity contribution in [1.29, 1.82) is 0 Å². The maximum atomic E-state index is 13.5. The number of anilines is 1. The Labute approximate surface area is 210 Å². The van der Waals surface area contributed by atoms with E-state index in [1.807, 2.05) is 38.1 Å². The smallest absolute Gasteiger partial charge is 0.418 e. The van der Waals surface area contributed by atoms with E-state index in [2.05, 4.69) is 17.6 Å². The van der Waals surface area contributed by atoms with Crippen molar-refractivity contribution < 1.29 is 23.9 Å². The third-order valence-corrected chi connectivity index (χ3v) is 6.92. The molecule has 1 aliphatic carbocycles. The van der Waals surface area contributed by atoms with Crippen LogP contribution in [0.2, 0.25) is 0 Å². The Balaban J connectivity index is 1.53. The van der Waals surface area contributed by atoms with Gasteiger partial charge in [-0.2, -0.15) is 0 Å². The van der Waals surface area contributed by atoms with Crippen molar-refractivity contribution in [3.05, 3.63) is 64.7 Å². The van der Waals surface area contributed by atoms with Crippen LogP contribution in [-0.2, 0) is 39.3 Å². The van der Waals surface area contributed by atoms with E-state index in [1.165, 1.54) is 7.05 Å². The zero-order valence-corrected chi connectivity index (χ0v) is 21.1. The lowest BCUT2D eigenvalue weighted by Gasteiger charge is -2.29. The molecule has 2 aromatic carbocycles. The Bertz CT molecular complexity index is 1210. The number of hydrogen-bond acceptors (Lipinski definition) is 5. The summed E-state index contributed by atoms with van der Waals surface area (Å²) >= 11 is 0. The van der Waals surface area contributed by atoms with Crippen molar-refractivity contribution in [2.24, 2.45) is 0 Å². The molecule has 9 heteroatoms. The topological polar surface area (TPSA) is 108 Å². The summed E-state index contributed by atoms with van der Waals surface area (Å²) in [4.78, 5) is 54.0. The van der Waals surface area contributed by atoms with Crippen molar-refractivity contribution in [2.45, 2.75) is 58.2 Å². The maximum Gasteiger partial charge on any atom is 0.418 e. The van der Waals surface area contributed by atoms with Crippen LogP contribution in [-0.4, -0.2) is 53.4 Å². The van der Waals surface area contributed by atoms with Crippen molar-refractivity contribution in [3.8, 4) is 0 Å². The number of rotatable bonds is 7. The number of carbonyl (C=O) groups is 4. The van der Waals surface area contributed by atoms with E-state index in [-0.39, 0.29) is 24.5 Å². The van der Waals surface area contributed by atoms with E-state index in [9.17, 15) is 19.2 Å². The molecule has 2 aliphatic rings. The summed E-state index contributed by atoms with van der Waals surface area (Å²) in [6.45, 7) is 5.91. The number of ether oxygens (including phenoxy) is 1. The summed E-state index contributed by atoms with van der Waals surface area (Å²) in [6.07, 6.45) is 0.825. The first-order valence-electron chi connectivity index (χ1n) is 12.2. The van der Waals surface area contributed by atoms with Crippen LogP contribution >= 0.6 is 0 Å². The standard InChI is InChI=1S/C27H32N4O5/c1-5-18-8-6-7-9-20(18)15-30(17(2)3)23(32)16-31-24(33)27(36-26(31)35)13-12-19-14-21(10-11-22(19)27)29-25(34)28-4/h6-11,14,17H,5,12-13,15-16H2,1-4H3,(H2,28,29,34)/t27-/m0/s1. The Hall–Kier alpha value is -3.88. The van der Waals surface area contributed by atoms with E-state index in [4.69, 9.17) is 4.74 Å². The average molecular weight is 493 g/mol. The van der Waals surface area contributed by atoms with Crippen LogP contribution in [0.1, 0.15) is 49.4 Å². The van der Waals surface area contributed by atoms with Gasteiger partial charge in [0.15, 0.2) is 0 Å². The summed E-state index contributed by atoms with van der Waals surface area (Å²) in [5.41, 5.74) is 2.75. The predicted octanol–water partition coefficient (Wildman–Crippen LogP) is 3.56. The molecule has 190 valence electrons. The second-order valence-electron chi connectivity index (χ2n) is 9.40. The minimum absolute atomic E-state index is 0.122. The summed E-state index contributed by atoms with van der Waals surface area (Å²) in [7, 11) is 1.52. The molecule has 0 aromatic heterocycles. The van der Waals surface area contributed by atoms with Gasteiger partial charge in [-0.25, -0.2) is 14.5 Å². The minimum Gasteiger partial charge on any atom is -0.427 e. The molecule has 36 heavy (non-hydrogen) atoms. The fraction of sp³-hybridized carbons (Fsp3) is 0.407. The highest BCUT2D eigenvalue weighted by molar-refractivity contribution is 6.06. The number of carbonyl (C=O) groups excluding carboxylic acids is 4. The van der Waals surface area contributed by atoms with Gasteiger partial charge in [0.25, 0.3) is 5.91 Å². The van der Waals surface area contributed by atoms with Gasteiger partial charge in [0.1, 0.15) is 6.54 Å². The van der Waals surface area contributed by atoms with Crippen LogP contribution in [0.4, 0.5) is 15.3 Å². The largest absolute Gasteiger partial charge is 0.427 e. The molecular formula is C27H32N4O5. The monoisotopic (exact) mass is 492 g/mol. The molecule has 4 rings (SSSR count). The van der Waals surface area contributed by atoms with Crippen molar-refractivity contribution in [1.82, 2.24) is 15.1 Å². The zero-order valence-electron chi connectivity index (χ0n) is 21.1. The van der Waals surface area contributed by atoms with E-state index in [0.717, 1.165) is 28.0 Å². The molecule has 5 amide bonds. The van der Waals surface area contributed by atoms with Gasteiger partial charge in [-0.15, -0.1) is 0 Å². The molecule has 1 saturated heterocycles. The molecule has 0 radical (unpaired) electrons. The number of urea groups is 1. The van der Waals surface area contributed by atoms with Crippen LogP contribution in [0.3, 0.4) is 0 Å². The van der Waals surface area contributed by atoms with Gasteiger partial charge in [0.2, 0.25) is 11.5 Å². The van der Waals surface area contributed by atoms with Gasteiger partial charge >= 0.3 is 12.1 Å². The Morgan fingerprint density at radius 3 is 2.53 bits per heavy atom. The first kappa shape index (κ1) is 25.2. The highest BCUT2D eigenvalue weighted by Gasteiger charge is 2.58. The second kappa shape index (κ2) is 10.0. The van der Waals surface area contributed by atoms with Gasteiger partial charge in [-0.3, -0.25) is 9.59 Å². The third-order valence-electron chi connectivity index (χ3n) is 6.92. The highest BCUT2D eigenvalue weighted by atomic mass is 16.6. The van der Waals surface area contributed by atoms with Gasteiger partial charge in [-0.1, -0.05) is 37.3 Å². The van der Waals surface area contributed by atoms with Gasteiger partial charge < -0.3 is 20.3 Å². The number of imide groups is 1. The molecule has 1 aliphatic heterocycles. The molecule has 9 nitrogen and oxygen atoms in total. The summed E-state index contributed by atoms with van der Waals surface area (Å²) in [5, 5.41) is 5.19. The fourth-order valence-corrected chi connectivity index (χ4v) is 4.95. The van der Waals surface area contributed by atoms with Crippen LogP contribution in [0.25, 0.3) is 0 Å². The lowest BCUT2D eigenvalue weighted by atomic mass is 9.94. The highest BCUT2D eigenvalue weighted by Crippen LogP contribution is 2.46. The van der Waals surface area contributed by atoms with E-state index < -0.39 is 17.6 Å². The predicted molar refractivity (Wildman–Crippen MR) is 134 cm³/mol. The normalized spacial score (nSPS) is 18.4. The SMILES string of the molecule is CCc1ccccc1CN(C(=O)CN1C(=O)O[C@]2(CCc3cc(NC(=O)NC)ccc32)C1=O)C(C)C. The van der Waals surface area contributed by atoms with Crippen molar-refractivity contribution in [3.63, 3.8) is 0 Å². The van der Waals surface area contributed by atoms with E-state index in [0.29, 0.717) is 30.6 Å². The molecule has 0 saturated carbocycles. The Morgan fingerprint density at radius 2 is 1.86 bits per heavy atom. The Morgan fingerprint density at radius 1 is 1.14 bits per heavy atom. The fourth-order valence-electron chi connectivity index (χ4n) is 4.95. The number of nitrogens with one attached hydrogen (secondary N) is 2. The molecule has 0 unspecified atom stereocenters. The summed E-state index contributed by atoms with van der Waals surface area (Å²) < 4.78 is 5.67. The average Bonchev–Trinajstić information content (AvgIpc) is 3.34. The molecule has 2 aromatic rings. The van der Waals surface area contributed by atoms with Crippen molar-refractivity contribution in [2.75, 3.05) is 18.9 Å². The summed E-state index contributed by atoms with van der Waals surface area (Å²) in [6, 6.07) is 12.6. The first-order chi connectivity index (χ1) is 17.2. The number of amides is 5. The maximum absolute atomic E-state index is 13.5. The van der Waals surface area contributed by atoms with Gasteiger partial charge in [0, 0.05) is 37.3 Å². The second-order valence-corrected chi connectivity index (χ2v) is 9.40. The number of fused-ring (bicyclic) bond motifs is 2.